The topological polar surface area (TPSA) is 24.1 Å². The fraction of sp³-hybridized carbons (Fsp3) is 0.625. The maximum atomic E-state index is 3.52. The van der Waals surface area contributed by atoms with Crippen molar-refractivity contribution in [3.8, 4) is 0 Å². The van der Waals surface area contributed by atoms with Crippen LogP contribution in [0.15, 0.2) is 24.3 Å². The van der Waals surface area contributed by atoms with Gasteiger partial charge in [-0.2, -0.15) is 0 Å². The minimum Gasteiger partial charge on any atom is -0.385 e. The Labute approximate surface area is 112 Å². The highest BCUT2D eigenvalue weighted by atomic mass is 14.9. The van der Waals surface area contributed by atoms with Crippen molar-refractivity contribution in [3.05, 3.63) is 29.8 Å². The average molecular weight is 248 g/mol. The molecule has 0 aliphatic rings. The van der Waals surface area contributed by atoms with E-state index in [-0.39, 0.29) is 0 Å². The van der Waals surface area contributed by atoms with E-state index in [4.69, 9.17) is 0 Å². The Kier molecular flexibility index (Phi) is 6.81. The molecule has 0 bridgehead atoms. The first-order valence-corrected chi connectivity index (χ1v) is 7.13. The summed E-state index contributed by atoms with van der Waals surface area (Å²) in [6, 6.07) is 8.87. The Morgan fingerprint density at radius 1 is 1.06 bits per heavy atom. The molecule has 0 spiro atoms. The van der Waals surface area contributed by atoms with E-state index < -0.39 is 0 Å². The fourth-order valence-corrected chi connectivity index (χ4v) is 2.14. The molecule has 102 valence electrons. The van der Waals surface area contributed by atoms with Crippen molar-refractivity contribution in [2.24, 2.45) is 11.8 Å². The van der Waals surface area contributed by atoms with Crippen molar-refractivity contribution >= 4 is 5.69 Å². The fourth-order valence-electron chi connectivity index (χ4n) is 2.14. The SMILES string of the molecule is CCC(CNC)CNc1ccc(CC(C)C)cc1. The van der Waals surface area contributed by atoms with Crippen molar-refractivity contribution in [1.82, 2.24) is 5.32 Å². The predicted octanol–water partition coefficient (Wildman–Crippen LogP) is 3.54. The summed E-state index contributed by atoms with van der Waals surface area (Å²) in [5, 5.41) is 6.77. The summed E-state index contributed by atoms with van der Waals surface area (Å²) in [5.74, 6) is 1.43. The van der Waals surface area contributed by atoms with Gasteiger partial charge in [-0.1, -0.05) is 39.3 Å². The van der Waals surface area contributed by atoms with Crippen LogP contribution in [0.4, 0.5) is 5.69 Å². The third-order valence-corrected chi connectivity index (χ3v) is 3.26. The molecule has 0 saturated carbocycles. The summed E-state index contributed by atoms with van der Waals surface area (Å²) in [6.45, 7) is 8.89. The molecule has 0 aliphatic carbocycles. The predicted molar refractivity (Wildman–Crippen MR) is 81.2 cm³/mol. The van der Waals surface area contributed by atoms with Crippen molar-refractivity contribution in [1.29, 1.82) is 0 Å². The lowest BCUT2D eigenvalue weighted by atomic mass is 10.0. The summed E-state index contributed by atoms with van der Waals surface area (Å²) >= 11 is 0. The number of anilines is 1. The van der Waals surface area contributed by atoms with Gasteiger partial charge in [0, 0.05) is 12.2 Å². The van der Waals surface area contributed by atoms with Gasteiger partial charge >= 0.3 is 0 Å². The van der Waals surface area contributed by atoms with E-state index in [1.807, 2.05) is 7.05 Å². The van der Waals surface area contributed by atoms with Gasteiger partial charge in [-0.25, -0.2) is 0 Å². The summed E-state index contributed by atoms with van der Waals surface area (Å²) in [4.78, 5) is 0. The molecule has 1 atom stereocenters. The molecule has 0 aliphatic heterocycles. The number of nitrogens with one attached hydrogen (secondary N) is 2. The monoisotopic (exact) mass is 248 g/mol. The van der Waals surface area contributed by atoms with Gasteiger partial charge in [0.2, 0.25) is 0 Å². The maximum Gasteiger partial charge on any atom is 0.0340 e. The van der Waals surface area contributed by atoms with Crippen LogP contribution in [-0.4, -0.2) is 20.1 Å². The van der Waals surface area contributed by atoms with Crippen molar-refractivity contribution in [2.45, 2.75) is 33.6 Å². The lowest BCUT2D eigenvalue weighted by molar-refractivity contribution is 0.506. The Bertz CT molecular complexity index is 316. The summed E-state index contributed by atoms with van der Waals surface area (Å²) in [5.41, 5.74) is 2.66. The van der Waals surface area contributed by atoms with Crippen LogP contribution in [0.3, 0.4) is 0 Å². The number of hydrogen-bond donors (Lipinski definition) is 2. The Morgan fingerprint density at radius 2 is 1.72 bits per heavy atom. The lowest BCUT2D eigenvalue weighted by Gasteiger charge is -2.16. The van der Waals surface area contributed by atoms with Gasteiger partial charge in [0.15, 0.2) is 0 Å². The van der Waals surface area contributed by atoms with E-state index in [0.29, 0.717) is 5.92 Å². The molecular formula is C16H28N2. The second-order valence-electron chi connectivity index (χ2n) is 5.51. The van der Waals surface area contributed by atoms with Crippen LogP contribution in [0.2, 0.25) is 0 Å². The Morgan fingerprint density at radius 3 is 2.22 bits per heavy atom. The second kappa shape index (κ2) is 8.15. The van der Waals surface area contributed by atoms with Gasteiger partial charge in [0.05, 0.1) is 0 Å². The van der Waals surface area contributed by atoms with Gasteiger partial charge < -0.3 is 10.6 Å². The first-order valence-electron chi connectivity index (χ1n) is 7.13. The zero-order valence-corrected chi connectivity index (χ0v) is 12.3. The van der Waals surface area contributed by atoms with Crippen LogP contribution in [0.1, 0.15) is 32.8 Å². The van der Waals surface area contributed by atoms with E-state index >= 15 is 0 Å². The van der Waals surface area contributed by atoms with Gasteiger partial charge in [0.25, 0.3) is 0 Å². The summed E-state index contributed by atoms with van der Waals surface area (Å²) < 4.78 is 0. The molecule has 0 saturated heterocycles. The molecule has 18 heavy (non-hydrogen) atoms. The average Bonchev–Trinajstić information content (AvgIpc) is 2.35. The second-order valence-corrected chi connectivity index (χ2v) is 5.51. The van der Waals surface area contributed by atoms with E-state index in [0.717, 1.165) is 25.4 Å². The standard InChI is InChI=1S/C16H28N2/c1-5-14(11-17-4)12-18-16-8-6-15(7-9-16)10-13(2)3/h6-9,13-14,17-18H,5,10-12H2,1-4H3. The molecule has 1 rings (SSSR count). The molecule has 2 nitrogen and oxygen atoms in total. The normalized spacial score (nSPS) is 12.7. The van der Waals surface area contributed by atoms with Crippen molar-refractivity contribution < 1.29 is 0 Å². The highest BCUT2D eigenvalue weighted by Gasteiger charge is 2.04. The number of benzene rings is 1. The molecule has 0 fully saturated rings. The van der Waals surface area contributed by atoms with Crippen LogP contribution in [0.25, 0.3) is 0 Å². The molecule has 1 aromatic rings. The third-order valence-electron chi connectivity index (χ3n) is 3.26. The smallest absolute Gasteiger partial charge is 0.0340 e. The molecule has 0 radical (unpaired) electrons. The molecule has 2 heteroatoms. The molecule has 2 N–H and O–H groups in total. The first-order chi connectivity index (χ1) is 8.65. The van der Waals surface area contributed by atoms with E-state index in [1.165, 1.54) is 17.7 Å². The largest absolute Gasteiger partial charge is 0.385 e. The minimum absolute atomic E-state index is 0.699. The number of rotatable bonds is 8. The zero-order chi connectivity index (χ0) is 13.4. The van der Waals surface area contributed by atoms with Crippen LogP contribution < -0.4 is 10.6 Å². The van der Waals surface area contributed by atoms with E-state index in [1.54, 1.807) is 0 Å². The lowest BCUT2D eigenvalue weighted by Crippen LogP contribution is -2.24. The Balaban J connectivity index is 2.43. The first kappa shape index (κ1) is 15.0. The zero-order valence-electron chi connectivity index (χ0n) is 12.3. The number of hydrogen-bond acceptors (Lipinski definition) is 2. The third kappa shape index (κ3) is 5.54. The van der Waals surface area contributed by atoms with Gasteiger partial charge in [-0.3, -0.25) is 0 Å². The van der Waals surface area contributed by atoms with E-state index in [2.05, 4.69) is 55.7 Å². The molecule has 1 unspecified atom stereocenters. The molecule has 0 amide bonds. The van der Waals surface area contributed by atoms with Crippen LogP contribution in [0.5, 0.6) is 0 Å². The quantitative estimate of drug-likeness (QED) is 0.735. The van der Waals surface area contributed by atoms with Gasteiger partial charge in [0.1, 0.15) is 0 Å². The van der Waals surface area contributed by atoms with Gasteiger partial charge in [-0.05, 0) is 49.5 Å². The molecule has 0 heterocycles. The van der Waals surface area contributed by atoms with Crippen LogP contribution in [0, 0.1) is 11.8 Å². The molecule has 1 aromatic carbocycles. The summed E-state index contributed by atoms with van der Waals surface area (Å²) in [7, 11) is 2.02. The summed E-state index contributed by atoms with van der Waals surface area (Å²) in [6.07, 6.45) is 2.37. The highest BCUT2D eigenvalue weighted by molar-refractivity contribution is 5.44. The Hall–Kier alpha value is -1.02. The molecule has 0 aromatic heterocycles. The van der Waals surface area contributed by atoms with Gasteiger partial charge in [-0.15, -0.1) is 0 Å². The van der Waals surface area contributed by atoms with E-state index in [9.17, 15) is 0 Å². The molecular weight excluding hydrogens is 220 g/mol. The minimum atomic E-state index is 0.699. The highest BCUT2D eigenvalue weighted by Crippen LogP contribution is 2.14. The maximum absolute atomic E-state index is 3.52. The van der Waals surface area contributed by atoms with Crippen LogP contribution in [-0.2, 0) is 6.42 Å². The van der Waals surface area contributed by atoms with Crippen molar-refractivity contribution in [2.75, 3.05) is 25.5 Å². The van der Waals surface area contributed by atoms with Crippen LogP contribution >= 0.6 is 0 Å². The van der Waals surface area contributed by atoms with Crippen molar-refractivity contribution in [3.63, 3.8) is 0 Å².